The molecule has 0 aliphatic heterocycles. The van der Waals surface area contributed by atoms with Gasteiger partial charge in [0, 0.05) is 6.54 Å². The van der Waals surface area contributed by atoms with Crippen molar-refractivity contribution >= 4 is 46.6 Å². The summed E-state index contributed by atoms with van der Waals surface area (Å²) < 4.78 is 1.97. The fraction of sp³-hybridized carbons (Fsp3) is 0.438. The van der Waals surface area contributed by atoms with E-state index in [0.717, 1.165) is 36.5 Å². The fourth-order valence-electron chi connectivity index (χ4n) is 2.12. The Kier molecular flexibility index (Phi) is 7.40. The number of nitrogens with zero attached hydrogens (tertiary/aromatic N) is 3. The Morgan fingerprint density at radius 3 is 2.88 bits per heavy atom. The topological polar surface area (TPSA) is 59.8 Å². The molecule has 5 nitrogen and oxygen atoms in total. The highest BCUT2D eigenvalue weighted by molar-refractivity contribution is 7.99. The van der Waals surface area contributed by atoms with Crippen molar-refractivity contribution in [2.45, 2.75) is 44.8 Å². The van der Waals surface area contributed by atoms with Gasteiger partial charge in [0.2, 0.25) is 5.91 Å². The van der Waals surface area contributed by atoms with E-state index in [4.69, 9.17) is 23.2 Å². The van der Waals surface area contributed by atoms with Gasteiger partial charge in [0.05, 0.1) is 21.5 Å². The highest BCUT2D eigenvalue weighted by Gasteiger charge is 2.13. The molecule has 0 saturated carbocycles. The van der Waals surface area contributed by atoms with Crippen molar-refractivity contribution < 1.29 is 4.79 Å². The molecule has 0 aliphatic carbocycles. The van der Waals surface area contributed by atoms with Crippen molar-refractivity contribution in [1.82, 2.24) is 14.8 Å². The van der Waals surface area contributed by atoms with E-state index in [0.29, 0.717) is 15.7 Å². The van der Waals surface area contributed by atoms with Crippen LogP contribution in [0.15, 0.2) is 23.6 Å². The molecule has 1 amide bonds. The Morgan fingerprint density at radius 1 is 1.33 bits per heavy atom. The number of anilines is 1. The van der Waals surface area contributed by atoms with Gasteiger partial charge in [0.15, 0.2) is 5.16 Å². The average Bonchev–Trinajstić information content (AvgIpc) is 3.01. The molecule has 0 unspecified atom stereocenters. The lowest BCUT2D eigenvalue weighted by Gasteiger charge is -2.11. The summed E-state index contributed by atoms with van der Waals surface area (Å²) in [6.07, 6.45) is 5.09. The smallest absolute Gasteiger partial charge is 0.234 e. The molecular weight excluding hydrogens is 367 g/mol. The maximum atomic E-state index is 12.2. The highest BCUT2D eigenvalue weighted by Crippen LogP contribution is 2.33. The molecule has 24 heavy (non-hydrogen) atoms. The Balaban J connectivity index is 1.93. The van der Waals surface area contributed by atoms with Crippen molar-refractivity contribution in [3.8, 4) is 0 Å². The molecule has 1 heterocycles. The Labute approximate surface area is 156 Å². The van der Waals surface area contributed by atoms with Gasteiger partial charge in [-0.2, -0.15) is 0 Å². The number of nitrogens with one attached hydrogen (secondary N) is 1. The van der Waals surface area contributed by atoms with Crippen LogP contribution in [0.4, 0.5) is 5.69 Å². The molecule has 0 spiro atoms. The number of halogens is 2. The second-order valence-electron chi connectivity index (χ2n) is 5.40. The van der Waals surface area contributed by atoms with Crippen LogP contribution in [0, 0.1) is 6.92 Å². The summed E-state index contributed by atoms with van der Waals surface area (Å²) in [5, 5.41) is 12.4. The SMILES string of the molecule is CCCCCn1cnnc1SCC(=O)Nc1c(Cl)ccc(C)c1Cl. The van der Waals surface area contributed by atoms with Crippen molar-refractivity contribution in [2.75, 3.05) is 11.1 Å². The van der Waals surface area contributed by atoms with Crippen molar-refractivity contribution in [2.24, 2.45) is 0 Å². The van der Waals surface area contributed by atoms with E-state index in [1.807, 2.05) is 17.6 Å². The summed E-state index contributed by atoms with van der Waals surface area (Å²) in [5.74, 6) is 0.0325. The molecule has 0 bridgehead atoms. The quantitative estimate of drug-likeness (QED) is 0.521. The minimum Gasteiger partial charge on any atom is -0.323 e. The van der Waals surface area contributed by atoms with Gasteiger partial charge in [-0.3, -0.25) is 4.79 Å². The summed E-state index contributed by atoms with van der Waals surface area (Å²) in [7, 11) is 0. The fourth-order valence-corrected chi connectivity index (χ4v) is 3.33. The van der Waals surface area contributed by atoms with Gasteiger partial charge < -0.3 is 9.88 Å². The minimum absolute atomic E-state index is 0.183. The van der Waals surface area contributed by atoms with Crippen LogP contribution in [0.1, 0.15) is 31.7 Å². The number of amides is 1. The van der Waals surface area contributed by atoms with E-state index in [2.05, 4.69) is 22.4 Å². The van der Waals surface area contributed by atoms with Gasteiger partial charge in [-0.15, -0.1) is 10.2 Å². The van der Waals surface area contributed by atoms with Crippen molar-refractivity contribution in [1.29, 1.82) is 0 Å². The zero-order chi connectivity index (χ0) is 17.5. The second-order valence-corrected chi connectivity index (χ2v) is 7.13. The number of carbonyl (C=O) groups excluding carboxylic acids is 1. The molecule has 130 valence electrons. The number of aromatic nitrogens is 3. The van der Waals surface area contributed by atoms with Crippen molar-refractivity contribution in [3.05, 3.63) is 34.1 Å². The van der Waals surface area contributed by atoms with Crippen LogP contribution in [-0.2, 0) is 11.3 Å². The third-order valence-corrected chi connectivity index (χ3v) is 5.25. The first kappa shape index (κ1) is 19.1. The number of benzene rings is 1. The average molecular weight is 387 g/mol. The summed E-state index contributed by atoms with van der Waals surface area (Å²) in [6.45, 7) is 4.88. The predicted molar refractivity (Wildman–Crippen MR) is 100 cm³/mol. The molecule has 1 N–H and O–H groups in total. The predicted octanol–water partition coefficient (Wildman–Crippen LogP) is 4.81. The largest absolute Gasteiger partial charge is 0.323 e. The van der Waals surface area contributed by atoms with E-state index >= 15 is 0 Å². The van der Waals surface area contributed by atoms with Crippen LogP contribution >= 0.6 is 35.0 Å². The minimum atomic E-state index is -0.183. The number of rotatable bonds is 8. The Morgan fingerprint density at radius 2 is 2.12 bits per heavy atom. The van der Waals surface area contributed by atoms with Gasteiger partial charge in [0.25, 0.3) is 0 Å². The maximum absolute atomic E-state index is 12.2. The van der Waals surface area contributed by atoms with E-state index < -0.39 is 0 Å². The molecule has 8 heteroatoms. The third kappa shape index (κ3) is 5.13. The first-order chi connectivity index (χ1) is 11.5. The van der Waals surface area contributed by atoms with E-state index in [9.17, 15) is 4.79 Å². The first-order valence-electron chi connectivity index (χ1n) is 7.78. The summed E-state index contributed by atoms with van der Waals surface area (Å²) >= 11 is 13.7. The number of hydrogen-bond acceptors (Lipinski definition) is 4. The molecule has 0 atom stereocenters. The van der Waals surface area contributed by atoms with Gasteiger partial charge in [0.1, 0.15) is 6.33 Å². The monoisotopic (exact) mass is 386 g/mol. The van der Waals surface area contributed by atoms with E-state index in [1.165, 1.54) is 11.8 Å². The zero-order valence-electron chi connectivity index (χ0n) is 13.7. The standard InChI is InChI=1S/C16H20Cl2N4OS/c1-3-4-5-8-22-10-19-21-16(22)24-9-13(23)20-15-12(17)7-6-11(2)14(15)18/h6-7,10H,3-5,8-9H2,1-2H3,(H,20,23). The zero-order valence-corrected chi connectivity index (χ0v) is 16.0. The molecule has 0 radical (unpaired) electrons. The summed E-state index contributed by atoms with van der Waals surface area (Å²) in [5.41, 5.74) is 1.31. The van der Waals surface area contributed by atoms with Crippen LogP contribution < -0.4 is 5.32 Å². The number of unbranched alkanes of at least 4 members (excludes halogenated alkanes) is 2. The van der Waals surface area contributed by atoms with Gasteiger partial charge in [-0.05, 0) is 25.0 Å². The Hall–Kier alpha value is -1.24. The summed E-state index contributed by atoms with van der Waals surface area (Å²) in [6, 6.07) is 3.53. The lowest BCUT2D eigenvalue weighted by molar-refractivity contribution is -0.113. The van der Waals surface area contributed by atoms with Crippen LogP contribution in [0.3, 0.4) is 0 Å². The number of carbonyl (C=O) groups is 1. The summed E-state index contributed by atoms with van der Waals surface area (Å²) in [4.78, 5) is 12.2. The lowest BCUT2D eigenvalue weighted by atomic mass is 10.2. The molecular formula is C16H20Cl2N4OS. The first-order valence-corrected chi connectivity index (χ1v) is 9.52. The van der Waals surface area contributed by atoms with E-state index in [-0.39, 0.29) is 11.7 Å². The molecule has 1 aromatic heterocycles. The van der Waals surface area contributed by atoms with Crippen molar-refractivity contribution in [3.63, 3.8) is 0 Å². The van der Waals surface area contributed by atoms with Gasteiger partial charge in [-0.25, -0.2) is 0 Å². The second kappa shape index (κ2) is 9.30. The number of aryl methyl sites for hydroxylation is 2. The normalized spacial score (nSPS) is 10.8. The molecule has 2 rings (SSSR count). The van der Waals surface area contributed by atoms with E-state index in [1.54, 1.807) is 12.4 Å². The number of hydrogen-bond donors (Lipinski definition) is 1. The lowest BCUT2D eigenvalue weighted by Crippen LogP contribution is -2.15. The maximum Gasteiger partial charge on any atom is 0.234 e. The number of thioether (sulfide) groups is 1. The van der Waals surface area contributed by atoms with Crippen LogP contribution in [0.25, 0.3) is 0 Å². The highest BCUT2D eigenvalue weighted by atomic mass is 35.5. The Bertz CT molecular complexity index is 705. The molecule has 2 aromatic rings. The van der Waals surface area contributed by atoms with Gasteiger partial charge in [-0.1, -0.05) is 60.8 Å². The van der Waals surface area contributed by atoms with Gasteiger partial charge >= 0.3 is 0 Å². The molecule has 1 aromatic carbocycles. The van der Waals surface area contributed by atoms with Crippen LogP contribution in [0.5, 0.6) is 0 Å². The molecule has 0 saturated heterocycles. The molecule has 0 fully saturated rings. The molecule has 0 aliphatic rings. The van der Waals surface area contributed by atoms with Crippen LogP contribution in [-0.4, -0.2) is 26.4 Å². The van der Waals surface area contributed by atoms with Crippen LogP contribution in [0.2, 0.25) is 10.0 Å². The third-order valence-electron chi connectivity index (χ3n) is 3.46.